The minimum Gasteiger partial charge on any atom is -0.510 e. The lowest BCUT2D eigenvalue weighted by Crippen LogP contribution is -2.38. The van der Waals surface area contributed by atoms with Gasteiger partial charge in [-0.1, -0.05) is 99.0 Å². The van der Waals surface area contributed by atoms with Crippen molar-refractivity contribution in [1.82, 2.24) is 20.6 Å². The van der Waals surface area contributed by atoms with E-state index in [-0.39, 0.29) is 54.2 Å². The SMILES string of the molecule is CC[C@H]1/C2=C/c3[nH]c4c(c3C)=C(O)[C@H](C(=O)OC)C=4C3N/C(=C\c4[nH]c(c(C(C)=O)c4C)/C=C(\N2)[C@@H]1C)[C@@H](C)[C@@H]3CCC(=O)OC/C=C(\C)CCC[C@H](C)CCC[C@H](C)CCCC(C)C. The second-order valence-corrected chi connectivity index (χ2v) is 20.7. The molecule has 1 unspecified atom stereocenters. The van der Waals surface area contributed by atoms with Gasteiger partial charge in [-0.15, -0.1) is 0 Å². The Morgan fingerprint density at radius 2 is 1.43 bits per heavy atom. The number of carbonyl (C=O) groups is 3. The van der Waals surface area contributed by atoms with Crippen LogP contribution in [0.2, 0.25) is 0 Å². The Bertz CT molecular complexity index is 2340. The first kappa shape index (κ1) is 49.7. The zero-order chi connectivity index (χ0) is 47.3. The lowest BCUT2D eigenvalue weighted by molar-refractivity contribution is -0.143. The average molecular weight is 893 g/mol. The van der Waals surface area contributed by atoms with E-state index in [2.05, 4.69) is 94.2 Å². The molecular weight excluding hydrogens is 813 g/mol. The molecule has 5 N–H and O–H groups in total. The highest BCUT2D eigenvalue weighted by Crippen LogP contribution is 2.43. The monoisotopic (exact) mass is 893 g/mol. The van der Waals surface area contributed by atoms with Crippen LogP contribution in [0.1, 0.15) is 178 Å². The zero-order valence-corrected chi connectivity index (χ0v) is 41.7. The maximum atomic E-state index is 13.7. The van der Waals surface area contributed by atoms with Crippen LogP contribution < -0.4 is 21.2 Å². The molecule has 0 amide bonds. The van der Waals surface area contributed by atoms with Crippen molar-refractivity contribution in [1.29, 1.82) is 0 Å². The molecule has 1 aliphatic carbocycles. The van der Waals surface area contributed by atoms with E-state index in [9.17, 15) is 19.5 Å². The summed E-state index contributed by atoms with van der Waals surface area (Å²) in [5.41, 5.74) is 9.71. The van der Waals surface area contributed by atoms with Crippen molar-refractivity contribution in [3.8, 4) is 0 Å². The standard InChI is InChI=1S/C55H80N4O6/c1-13-39-34(7)41-29-46-48(38(11)60)36(9)43(57-46)27-42-35(8)40(52(58-42)50-51(55(63)64-12)54(62)49-37(10)44(59-53(49)50)28-45(39)56-41)23-24-47(61)65-26-25-33(6)22-16-21-32(5)20-15-19-31(4)18-14-17-30(2)3/h25,27-32,34-35,39-40,51-52,56-59,62H,13-24,26H2,1-12H3/b33-25+,41-29-,42-27-,45-28-/t31-,32-,34-,35+,39-,40+,51-,52?/m1/s1. The quantitative estimate of drug-likeness (QED) is 0.0502. The summed E-state index contributed by atoms with van der Waals surface area (Å²) in [6.45, 7) is 23.9. The summed E-state index contributed by atoms with van der Waals surface area (Å²) in [6, 6.07) is -0.438. The molecule has 0 spiro atoms. The maximum absolute atomic E-state index is 13.7. The van der Waals surface area contributed by atoms with Crippen molar-refractivity contribution in [2.45, 2.75) is 159 Å². The van der Waals surface area contributed by atoms with Crippen molar-refractivity contribution < 1.29 is 29.0 Å². The third kappa shape index (κ3) is 11.1. The number of methoxy groups -OCH3 is 1. The number of aromatic amines is 2. The Morgan fingerprint density at radius 3 is 2.08 bits per heavy atom. The molecule has 6 rings (SSSR count). The van der Waals surface area contributed by atoms with Crippen molar-refractivity contribution in [2.24, 2.45) is 47.3 Å². The molecule has 0 radical (unpaired) electrons. The molecule has 4 aliphatic rings. The molecule has 65 heavy (non-hydrogen) atoms. The number of fused-ring (bicyclic) bond motifs is 8. The van der Waals surface area contributed by atoms with Gasteiger partial charge in [-0.25, -0.2) is 0 Å². The molecule has 2 aromatic heterocycles. The number of aliphatic hydroxyl groups excluding tert-OH is 1. The second kappa shape index (κ2) is 21.7. The van der Waals surface area contributed by atoms with Crippen molar-refractivity contribution in [3.63, 3.8) is 0 Å². The van der Waals surface area contributed by atoms with Crippen LogP contribution in [-0.2, 0) is 19.1 Å². The smallest absolute Gasteiger partial charge is 0.320 e. The van der Waals surface area contributed by atoms with E-state index in [4.69, 9.17) is 9.47 Å². The summed E-state index contributed by atoms with van der Waals surface area (Å²) >= 11 is 0. The van der Waals surface area contributed by atoms with Crippen LogP contribution in [0.15, 0.2) is 28.7 Å². The Morgan fingerprint density at radius 1 is 0.800 bits per heavy atom. The summed E-state index contributed by atoms with van der Waals surface area (Å²) in [5, 5.41) is 20.8. The van der Waals surface area contributed by atoms with Crippen LogP contribution in [-0.4, -0.2) is 52.6 Å². The lowest BCUT2D eigenvalue weighted by Gasteiger charge is -2.26. The predicted molar refractivity (Wildman–Crippen MR) is 264 cm³/mol. The van der Waals surface area contributed by atoms with Crippen molar-refractivity contribution in [3.05, 3.63) is 73.1 Å². The summed E-state index contributed by atoms with van der Waals surface area (Å²) < 4.78 is 11.2. The maximum Gasteiger partial charge on any atom is 0.320 e. The molecule has 0 aromatic carbocycles. The van der Waals surface area contributed by atoms with Gasteiger partial charge < -0.3 is 35.2 Å². The van der Waals surface area contributed by atoms with Gasteiger partial charge in [-0.05, 0) is 118 Å². The van der Waals surface area contributed by atoms with E-state index < -0.39 is 17.9 Å². The molecule has 2 aromatic rings. The van der Waals surface area contributed by atoms with Gasteiger partial charge in [0.05, 0.1) is 24.2 Å². The van der Waals surface area contributed by atoms with E-state index in [1.807, 2.05) is 19.9 Å². The number of esters is 2. The molecule has 3 aliphatic heterocycles. The number of hydrogen-bond donors (Lipinski definition) is 5. The largest absolute Gasteiger partial charge is 0.510 e. The summed E-state index contributed by atoms with van der Waals surface area (Å²) in [4.78, 5) is 47.6. The van der Waals surface area contributed by atoms with E-state index in [1.54, 1.807) is 6.92 Å². The van der Waals surface area contributed by atoms with Crippen LogP contribution >= 0.6 is 0 Å². The normalized spacial score (nSPS) is 25.9. The summed E-state index contributed by atoms with van der Waals surface area (Å²) in [6.07, 6.45) is 21.2. The number of nitrogens with one attached hydrogen (secondary N) is 4. The molecule has 8 atom stereocenters. The fourth-order valence-corrected chi connectivity index (χ4v) is 11.3. The predicted octanol–water partition coefficient (Wildman–Crippen LogP) is 10.7. The Hall–Kier alpha value is -4.73. The number of Topliss-reactive ketones (excluding diaryl/α,β-unsaturated/α-hetero) is 1. The van der Waals surface area contributed by atoms with Gasteiger partial charge >= 0.3 is 11.9 Å². The van der Waals surface area contributed by atoms with Crippen molar-refractivity contribution in [2.75, 3.05) is 13.7 Å². The lowest BCUT2D eigenvalue weighted by atomic mass is 9.80. The van der Waals surface area contributed by atoms with Gasteiger partial charge in [0.2, 0.25) is 0 Å². The number of ketones is 1. The Balaban J connectivity index is 1.21. The van der Waals surface area contributed by atoms with Gasteiger partial charge in [-0.3, -0.25) is 14.4 Å². The highest BCUT2D eigenvalue weighted by molar-refractivity contribution is 6.00. The van der Waals surface area contributed by atoms with Gasteiger partial charge in [0.25, 0.3) is 0 Å². The first-order valence-corrected chi connectivity index (χ1v) is 24.9. The number of H-pyrrole nitrogens is 2. The highest BCUT2D eigenvalue weighted by Gasteiger charge is 2.47. The van der Waals surface area contributed by atoms with Crippen LogP contribution in [0.4, 0.5) is 0 Å². The molecule has 2 saturated heterocycles. The Labute approximate surface area is 389 Å². The van der Waals surface area contributed by atoms with Gasteiger partial charge in [-0.2, -0.15) is 0 Å². The first-order chi connectivity index (χ1) is 30.9. The number of aliphatic hydroxyl groups is 1. The van der Waals surface area contributed by atoms with Crippen LogP contribution in [0, 0.1) is 61.2 Å². The van der Waals surface area contributed by atoms with Crippen LogP contribution in [0.3, 0.4) is 0 Å². The van der Waals surface area contributed by atoms with Crippen molar-refractivity contribution >= 4 is 47.3 Å². The minimum atomic E-state index is -1.02. The van der Waals surface area contributed by atoms with E-state index in [0.717, 1.165) is 82.3 Å². The molecular formula is C55H80N4O6. The topological polar surface area (TPSA) is 146 Å². The number of carbonyl (C=O) groups excluding carboxylic acids is 3. The fraction of sp³-hybridized carbons (Fsp3) is 0.618. The van der Waals surface area contributed by atoms with E-state index >= 15 is 0 Å². The fourth-order valence-electron chi connectivity index (χ4n) is 11.3. The first-order valence-electron chi connectivity index (χ1n) is 24.9. The number of rotatable bonds is 20. The van der Waals surface area contributed by atoms with Crippen LogP contribution in [0.5, 0.6) is 0 Å². The Kier molecular flexibility index (Phi) is 16.6. The molecule has 5 heterocycles. The molecule has 2 fully saturated rings. The highest BCUT2D eigenvalue weighted by atomic mass is 16.5. The van der Waals surface area contributed by atoms with Gasteiger partial charge in [0.1, 0.15) is 18.3 Å². The number of hydrogen-bond acceptors (Lipinski definition) is 8. The van der Waals surface area contributed by atoms with E-state index in [0.29, 0.717) is 28.1 Å². The third-order valence-corrected chi connectivity index (χ3v) is 15.4. The number of allylic oxidation sites excluding steroid dienone is 4. The zero-order valence-electron chi connectivity index (χ0n) is 41.7. The molecule has 8 bridgehead atoms. The van der Waals surface area contributed by atoms with Crippen LogP contribution in [0.25, 0.3) is 29.6 Å². The molecule has 356 valence electrons. The van der Waals surface area contributed by atoms with E-state index in [1.165, 1.54) is 57.6 Å². The molecule has 0 saturated carbocycles. The number of ether oxygens (including phenoxy) is 2. The minimum absolute atomic E-state index is 0.0169. The number of aromatic nitrogens is 2. The summed E-state index contributed by atoms with van der Waals surface area (Å²) in [7, 11) is 1.35. The third-order valence-electron chi connectivity index (χ3n) is 15.4. The molecule has 10 heteroatoms. The second-order valence-electron chi connectivity index (χ2n) is 20.7. The van der Waals surface area contributed by atoms with Gasteiger partial charge in [0, 0.05) is 63.4 Å². The average Bonchev–Trinajstić information content (AvgIpc) is 4.00. The van der Waals surface area contributed by atoms with Gasteiger partial charge in [0.15, 0.2) is 5.78 Å². The summed E-state index contributed by atoms with van der Waals surface area (Å²) in [5.74, 6) is 0.576. The molecule has 10 nitrogen and oxygen atoms in total.